The fourth-order valence-corrected chi connectivity index (χ4v) is 4.23. The Kier molecular flexibility index (Phi) is 6.60. The molecule has 0 aromatic heterocycles. The smallest absolute Gasteiger partial charge is 0.137 e. The van der Waals surface area contributed by atoms with Crippen LogP contribution in [0.2, 0.25) is 5.02 Å². The van der Waals surface area contributed by atoms with Crippen LogP contribution in [-0.2, 0) is 0 Å². The fraction of sp³-hybridized carbons (Fsp3) is 0.208. The number of aromatic hydroxyl groups is 1. The maximum atomic E-state index is 13.8. The van der Waals surface area contributed by atoms with E-state index in [9.17, 15) is 9.50 Å². The molecule has 3 aromatic rings. The minimum atomic E-state index is -0.421. The lowest BCUT2D eigenvalue weighted by atomic mass is 9.93. The first-order valence-electron chi connectivity index (χ1n) is 9.94. The van der Waals surface area contributed by atoms with Crippen molar-refractivity contribution < 1.29 is 14.2 Å². The van der Waals surface area contributed by atoms with E-state index in [1.807, 2.05) is 31.2 Å². The van der Waals surface area contributed by atoms with E-state index < -0.39 is 6.17 Å². The van der Waals surface area contributed by atoms with E-state index in [-0.39, 0.29) is 17.6 Å². The van der Waals surface area contributed by atoms with Crippen molar-refractivity contribution in [3.05, 3.63) is 92.7 Å². The van der Waals surface area contributed by atoms with Crippen LogP contribution in [0.25, 0.3) is 0 Å². The van der Waals surface area contributed by atoms with Crippen molar-refractivity contribution in [3.8, 4) is 11.5 Å². The molecule has 31 heavy (non-hydrogen) atoms. The molecule has 0 unspecified atom stereocenters. The van der Waals surface area contributed by atoms with E-state index in [0.717, 1.165) is 22.6 Å². The lowest BCUT2D eigenvalue weighted by Crippen LogP contribution is -2.33. The highest BCUT2D eigenvalue weighted by molar-refractivity contribution is 9.10. The first kappa shape index (κ1) is 21.8. The Hall–Kier alpha value is -2.41. The molecule has 0 saturated carbocycles. The molecule has 0 bridgehead atoms. The standard InChI is InChI=1S/C24H21BrClFN2O2/c1-2-31-17-7-3-14(4-8-17)21-13-22(18-12-16(26)6-10-23(18)30)29-24(28-21)15-5-9-20(27)19(25)11-15/h3-12,22,24,29-30H,2,13H2,1H3/t22-,24+/m1/s1. The van der Waals surface area contributed by atoms with Crippen LogP contribution in [0.3, 0.4) is 0 Å². The summed E-state index contributed by atoms with van der Waals surface area (Å²) in [6, 6.07) is 17.4. The SMILES string of the molecule is CCOc1ccc(C2=N[C@H](c3ccc(F)c(Br)c3)N[C@@H](c3cc(Cl)ccc3O)C2)cc1. The molecule has 160 valence electrons. The fourth-order valence-electron chi connectivity index (χ4n) is 3.65. The summed E-state index contributed by atoms with van der Waals surface area (Å²) < 4.78 is 19.7. The van der Waals surface area contributed by atoms with Gasteiger partial charge in [-0.3, -0.25) is 10.3 Å². The van der Waals surface area contributed by atoms with Gasteiger partial charge in [-0.05, 0) is 88.6 Å². The van der Waals surface area contributed by atoms with Crippen LogP contribution in [0.5, 0.6) is 11.5 Å². The molecule has 3 aromatic carbocycles. The number of aliphatic imine (C=N–C) groups is 1. The van der Waals surface area contributed by atoms with Crippen molar-refractivity contribution >= 4 is 33.2 Å². The van der Waals surface area contributed by atoms with E-state index in [1.54, 1.807) is 30.3 Å². The number of benzene rings is 3. The molecular weight excluding hydrogens is 483 g/mol. The predicted molar refractivity (Wildman–Crippen MR) is 125 cm³/mol. The second-order valence-corrected chi connectivity index (χ2v) is 8.53. The zero-order chi connectivity index (χ0) is 22.0. The Labute approximate surface area is 193 Å². The second-order valence-electron chi connectivity index (χ2n) is 7.24. The van der Waals surface area contributed by atoms with Crippen LogP contribution in [0.1, 0.15) is 42.2 Å². The molecule has 4 rings (SSSR count). The summed E-state index contributed by atoms with van der Waals surface area (Å²) in [6.07, 6.45) is 0.136. The van der Waals surface area contributed by atoms with Crippen molar-refractivity contribution in [2.75, 3.05) is 6.61 Å². The highest BCUT2D eigenvalue weighted by Gasteiger charge is 2.28. The highest BCUT2D eigenvalue weighted by Crippen LogP contribution is 2.36. The predicted octanol–water partition coefficient (Wildman–Crippen LogP) is 6.57. The number of phenols is 1. The summed E-state index contributed by atoms with van der Waals surface area (Å²) in [5, 5.41) is 14.5. The van der Waals surface area contributed by atoms with E-state index in [2.05, 4.69) is 21.2 Å². The third-order valence-electron chi connectivity index (χ3n) is 5.16. The van der Waals surface area contributed by atoms with Gasteiger partial charge in [-0.25, -0.2) is 4.39 Å². The number of ether oxygens (including phenoxy) is 1. The average Bonchev–Trinajstić information content (AvgIpc) is 2.78. The zero-order valence-corrected chi connectivity index (χ0v) is 19.1. The molecule has 0 spiro atoms. The van der Waals surface area contributed by atoms with Crippen LogP contribution in [0, 0.1) is 5.82 Å². The minimum absolute atomic E-state index is 0.161. The molecular formula is C24H21BrClFN2O2. The molecule has 0 amide bonds. The molecule has 0 saturated heterocycles. The third-order valence-corrected chi connectivity index (χ3v) is 6.01. The summed E-state index contributed by atoms with van der Waals surface area (Å²) in [4.78, 5) is 4.90. The van der Waals surface area contributed by atoms with Crippen LogP contribution >= 0.6 is 27.5 Å². The van der Waals surface area contributed by atoms with Gasteiger partial charge in [-0.15, -0.1) is 0 Å². The van der Waals surface area contributed by atoms with Crippen LogP contribution in [-0.4, -0.2) is 17.4 Å². The van der Waals surface area contributed by atoms with Gasteiger partial charge >= 0.3 is 0 Å². The Morgan fingerprint density at radius 3 is 2.65 bits per heavy atom. The van der Waals surface area contributed by atoms with Gasteiger partial charge in [0.25, 0.3) is 0 Å². The van der Waals surface area contributed by atoms with Crippen molar-refractivity contribution in [2.45, 2.75) is 25.6 Å². The number of halogens is 3. The Morgan fingerprint density at radius 1 is 1.16 bits per heavy atom. The topological polar surface area (TPSA) is 53.8 Å². The number of phenolic OH excluding ortho intramolecular Hbond substituents is 1. The molecule has 0 aliphatic carbocycles. The second kappa shape index (κ2) is 9.39. The highest BCUT2D eigenvalue weighted by atomic mass is 79.9. The van der Waals surface area contributed by atoms with Crippen LogP contribution in [0.15, 0.2) is 70.1 Å². The van der Waals surface area contributed by atoms with Gasteiger partial charge in [-0.1, -0.05) is 17.7 Å². The lowest BCUT2D eigenvalue weighted by Gasteiger charge is -2.31. The van der Waals surface area contributed by atoms with Gasteiger partial charge in [0, 0.05) is 28.8 Å². The zero-order valence-electron chi connectivity index (χ0n) is 16.8. The van der Waals surface area contributed by atoms with Gasteiger partial charge in [0.15, 0.2) is 0 Å². The quantitative estimate of drug-likeness (QED) is 0.414. The molecule has 2 atom stereocenters. The van der Waals surface area contributed by atoms with Crippen molar-refractivity contribution in [3.63, 3.8) is 0 Å². The summed E-state index contributed by atoms with van der Waals surface area (Å²) in [5.41, 5.74) is 3.33. The Morgan fingerprint density at radius 2 is 1.94 bits per heavy atom. The Balaban J connectivity index is 1.74. The number of hydrogen-bond donors (Lipinski definition) is 2. The summed E-state index contributed by atoms with van der Waals surface area (Å²) in [5.74, 6) is 0.622. The van der Waals surface area contributed by atoms with Crippen LogP contribution in [0.4, 0.5) is 4.39 Å². The molecule has 1 heterocycles. The van der Waals surface area contributed by atoms with Gasteiger partial charge in [0.1, 0.15) is 23.5 Å². The van der Waals surface area contributed by atoms with E-state index >= 15 is 0 Å². The van der Waals surface area contributed by atoms with Gasteiger partial charge < -0.3 is 9.84 Å². The van der Waals surface area contributed by atoms with Gasteiger partial charge in [-0.2, -0.15) is 0 Å². The number of nitrogens with zero attached hydrogens (tertiary/aromatic N) is 1. The summed E-state index contributed by atoms with van der Waals surface area (Å²) >= 11 is 9.45. The Bertz CT molecular complexity index is 1120. The van der Waals surface area contributed by atoms with Gasteiger partial charge in [0.05, 0.1) is 11.1 Å². The van der Waals surface area contributed by atoms with Crippen molar-refractivity contribution in [2.24, 2.45) is 4.99 Å². The molecule has 0 fully saturated rings. The van der Waals surface area contributed by atoms with Crippen molar-refractivity contribution in [1.82, 2.24) is 5.32 Å². The molecule has 1 aliphatic heterocycles. The van der Waals surface area contributed by atoms with Crippen molar-refractivity contribution in [1.29, 1.82) is 0 Å². The maximum absolute atomic E-state index is 13.8. The van der Waals surface area contributed by atoms with E-state index in [1.165, 1.54) is 6.07 Å². The monoisotopic (exact) mass is 502 g/mol. The molecule has 0 radical (unpaired) electrons. The minimum Gasteiger partial charge on any atom is -0.508 e. The van der Waals surface area contributed by atoms with E-state index in [0.29, 0.717) is 28.1 Å². The first-order valence-corrected chi connectivity index (χ1v) is 11.1. The van der Waals surface area contributed by atoms with Crippen LogP contribution < -0.4 is 10.1 Å². The normalized spacial score (nSPS) is 18.5. The molecule has 7 heteroatoms. The third kappa shape index (κ3) is 4.92. The average molecular weight is 504 g/mol. The molecule has 1 aliphatic rings. The molecule has 4 nitrogen and oxygen atoms in total. The van der Waals surface area contributed by atoms with Gasteiger partial charge in [0.2, 0.25) is 0 Å². The maximum Gasteiger partial charge on any atom is 0.137 e. The number of rotatable bonds is 5. The first-order chi connectivity index (χ1) is 14.9. The largest absolute Gasteiger partial charge is 0.508 e. The summed E-state index contributed by atoms with van der Waals surface area (Å²) in [7, 11) is 0. The number of nitrogens with one attached hydrogen (secondary N) is 1. The van der Waals surface area contributed by atoms with E-state index in [4.69, 9.17) is 21.3 Å². The molecule has 2 N–H and O–H groups in total. The number of hydrogen-bond acceptors (Lipinski definition) is 4. The summed E-state index contributed by atoms with van der Waals surface area (Å²) in [6.45, 7) is 2.54. The lowest BCUT2D eigenvalue weighted by molar-refractivity contribution is 0.340.